The Morgan fingerprint density at radius 3 is 2.05 bits per heavy atom. The van der Waals surface area contributed by atoms with E-state index >= 15 is 0 Å². The fraction of sp³-hybridized carbons (Fsp3) is 0.462. The van der Waals surface area contributed by atoms with E-state index in [2.05, 4.69) is 18.7 Å². The van der Waals surface area contributed by atoms with Crippen molar-refractivity contribution in [3.05, 3.63) is 29.8 Å². The van der Waals surface area contributed by atoms with Gasteiger partial charge in [0.15, 0.2) is 0 Å². The van der Waals surface area contributed by atoms with E-state index in [9.17, 15) is 4.79 Å². The summed E-state index contributed by atoms with van der Waals surface area (Å²) in [6.07, 6.45) is 0. The molecule has 9 heteroatoms. The fourth-order valence-electron chi connectivity index (χ4n) is 1.51. The molecule has 0 spiro atoms. The maximum atomic E-state index is 11.6. The number of carbonyl (C=O) groups is 1. The quantitative estimate of drug-likeness (QED) is 0.332. The van der Waals surface area contributed by atoms with Crippen LogP contribution in [0.4, 0.5) is 5.69 Å². The zero-order chi connectivity index (χ0) is 16.3. The second-order valence-corrected chi connectivity index (χ2v) is 4.13. The third kappa shape index (κ3) is 11.4. The van der Waals surface area contributed by atoms with Crippen LogP contribution in [0.15, 0.2) is 24.3 Å². The highest BCUT2D eigenvalue weighted by Crippen LogP contribution is 2.06. The molecular weight excluding hydrogens is 310 g/mol. The molecule has 22 heavy (non-hydrogen) atoms. The van der Waals surface area contributed by atoms with Crippen molar-refractivity contribution in [1.82, 2.24) is 4.90 Å². The molecule has 0 radical (unpaired) electrons. The van der Waals surface area contributed by atoms with Gasteiger partial charge in [0.25, 0.3) is 0 Å². The van der Waals surface area contributed by atoms with Gasteiger partial charge in [0.05, 0.1) is 5.56 Å². The Hall–Kier alpha value is -1.32. The predicted octanol–water partition coefficient (Wildman–Crippen LogP) is 0.137. The molecule has 0 aromatic heterocycles. The predicted molar refractivity (Wildman–Crippen MR) is 88.6 cm³/mol. The number of nitrogens with zero attached hydrogens (tertiary/aromatic N) is 1. The van der Waals surface area contributed by atoms with E-state index in [1.54, 1.807) is 24.3 Å². The van der Waals surface area contributed by atoms with Crippen molar-refractivity contribution in [1.29, 1.82) is 0 Å². The lowest BCUT2D eigenvalue weighted by Crippen LogP contribution is -2.27. The lowest BCUT2D eigenvalue weighted by molar-refractivity contribution is 0.0466. The van der Waals surface area contributed by atoms with Crippen molar-refractivity contribution in [2.24, 2.45) is 0 Å². The van der Waals surface area contributed by atoms with Gasteiger partial charge in [-0.1, -0.05) is 13.8 Å². The van der Waals surface area contributed by atoms with E-state index in [1.165, 1.54) is 0 Å². The molecule has 0 heterocycles. The number of rotatable bonds is 6. The second kappa shape index (κ2) is 13.4. The van der Waals surface area contributed by atoms with E-state index in [4.69, 9.17) is 25.5 Å². The zero-order valence-corrected chi connectivity index (χ0v) is 13.6. The van der Waals surface area contributed by atoms with Gasteiger partial charge in [0.2, 0.25) is 0 Å². The Bertz CT molecular complexity index is 399. The van der Waals surface area contributed by atoms with Gasteiger partial charge in [0, 0.05) is 12.2 Å². The molecule has 7 nitrogen and oxygen atoms in total. The van der Waals surface area contributed by atoms with Gasteiger partial charge in [-0.25, -0.2) is 4.79 Å². The number of esters is 1. The molecule has 126 valence electrons. The van der Waals surface area contributed by atoms with Crippen molar-refractivity contribution in [3.63, 3.8) is 0 Å². The molecule has 0 bridgehead atoms. The topological polar surface area (TPSA) is 116 Å². The summed E-state index contributed by atoms with van der Waals surface area (Å²) in [5, 5.41) is 21.5. The van der Waals surface area contributed by atoms with Gasteiger partial charge in [-0.15, -0.1) is 12.4 Å². The van der Waals surface area contributed by atoms with E-state index in [1.807, 2.05) is 0 Å². The number of benzene rings is 1. The summed E-state index contributed by atoms with van der Waals surface area (Å²) in [4.78, 5) is 13.8. The third-order valence-corrected chi connectivity index (χ3v) is 2.68. The number of anilines is 1. The average Bonchev–Trinajstić information content (AvgIpc) is 2.43. The highest BCUT2D eigenvalue weighted by molar-refractivity contribution is 6.30. The van der Waals surface area contributed by atoms with Gasteiger partial charge in [0.1, 0.15) is 6.61 Å². The average molecular weight is 335 g/mol. The van der Waals surface area contributed by atoms with Gasteiger partial charge < -0.3 is 30.4 Å². The van der Waals surface area contributed by atoms with Crippen molar-refractivity contribution >= 4 is 31.4 Å². The minimum absolute atomic E-state index is 0. The van der Waals surface area contributed by atoms with Gasteiger partial charge in [-0.2, -0.15) is 0 Å². The van der Waals surface area contributed by atoms with Crippen LogP contribution in [0.1, 0.15) is 24.2 Å². The first kappa shape index (κ1) is 23.0. The van der Waals surface area contributed by atoms with Crippen LogP contribution < -0.4 is 5.73 Å². The highest BCUT2D eigenvalue weighted by Gasteiger charge is 2.07. The van der Waals surface area contributed by atoms with Gasteiger partial charge in [-0.3, -0.25) is 0 Å². The highest BCUT2D eigenvalue weighted by atomic mass is 35.5. The van der Waals surface area contributed by atoms with Gasteiger partial charge >= 0.3 is 13.3 Å². The number of hydrogen-bond donors (Lipinski definition) is 4. The van der Waals surface area contributed by atoms with Crippen LogP contribution in [0.25, 0.3) is 0 Å². The standard InChI is InChI=1S/C13H20N2O2.BH3O3.ClH/c1-3-15(4-2)9-10-17-13(16)11-5-7-12(14)8-6-11;2-1(3)4;/h5-8H,3-4,9-10,14H2,1-2H3;2-4H;1H. The smallest absolute Gasteiger partial charge is 0.461 e. The largest absolute Gasteiger partial charge is 0.631 e. The number of ether oxygens (including phenoxy) is 1. The SMILES string of the molecule is CCN(CC)CCOC(=O)c1ccc(N)cc1.Cl.OB(O)O. The number of hydrogen-bond acceptors (Lipinski definition) is 7. The lowest BCUT2D eigenvalue weighted by Gasteiger charge is -2.17. The number of nitrogen functional groups attached to an aromatic ring is 1. The molecule has 0 saturated carbocycles. The maximum Gasteiger partial charge on any atom is 0.631 e. The van der Waals surface area contributed by atoms with E-state index in [-0.39, 0.29) is 18.4 Å². The molecule has 0 amide bonds. The molecular formula is C13H24BClN2O5. The number of carbonyl (C=O) groups excluding carboxylic acids is 1. The number of likely N-dealkylation sites (N-methyl/N-ethyl adjacent to an activating group) is 1. The van der Waals surface area contributed by atoms with Crippen LogP contribution in [0.3, 0.4) is 0 Å². The molecule has 0 aliphatic carbocycles. The van der Waals surface area contributed by atoms with E-state index in [0.29, 0.717) is 17.9 Å². The summed E-state index contributed by atoms with van der Waals surface area (Å²) in [6.45, 7) is 7.31. The molecule has 0 saturated heterocycles. The molecule has 0 unspecified atom stereocenters. The van der Waals surface area contributed by atoms with Crippen LogP contribution in [-0.2, 0) is 4.74 Å². The minimum atomic E-state index is -2.17. The van der Waals surface area contributed by atoms with Gasteiger partial charge in [-0.05, 0) is 37.4 Å². The number of nitrogens with two attached hydrogens (primary N) is 1. The summed E-state index contributed by atoms with van der Waals surface area (Å²) in [7, 11) is -2.17. The second-order valence-electron chi connectivity index (χ2n) is 4.13. The minimum Gasteiger partial charge on any atom is -0.461 e. The molecule has 1 rings (SSSR count). The maximum absolute atomic E-state index is 11.6. The monoisotopic (exact) mass is 334 g/mol. The Labute approximate surface area is 137 Å². The first-order chi connectivity index (χ1) is 9.90. The molecule has 1 aromatic rings. The summed E-state index contributed by atoms with van der Waals surface area (Å²) in [6, 6.07) is 6.74. The summed E-state index contributed by atoms with van der Waals surface area (Å²) in [5.41, 5.74) is 6.73. The van der Waals surface area contributed by atoms with Crippen molar-refractivity contribution in [2.45, 2.75) is 13.8 Å². The Balaban J connectivity index is 0. The molecule has 5 N–H and O–H groups in total. The van der Waals surface area contributed by atoms with Crippen LogP contribution >= 0.6 is 12.4 Å². The lowest BCUT2D eigenvalue weighted by atomic mass is 10.2. The Morgan fingerprint density at radius 2 is 1.64 bits per heavy atom. The Kier molecular flexibility index (Phi) is 13.9. The number of halogens is 1. The third-order valence-electron chi connectivity index (χ3n) is 2.68. The van der Waals surface area contributed by atoms with E-state index < -0.39 is 7.32 Å². The van der Waals surface area contributed by atoms with Crippen LogP contribution in [-0.4, -0.2) is 59.5 Å². The summed E-state index contributed by atoms with van der Waals surface area (Å²) < 4.78 is 5.18. The first-order valence-corrected chi connectivity index (χ1v) is 6.69. The van der Waals surface area contributed by atoms with Crippen molar-refractivity contribution in [3.8, 4) is 0 Å². The van der Waals surface area contributed by atoms with Crippen molar-refractivity contribution < 1.29 is 24.6 Å². The summed E-state index contributed by atoms with van der Waals surface area (Å²) in [5.74, 6) is -0.294. The Morgan fingerprint density at radius 1 is 1.18 bits per heavy atom. The van der Waals surface area contributed by atoms with E-state index in [0.717, 1.165) is 19.6 Å². The van der Waals surface area contributed by atoms with Crippen LogP contribution in [0.2, 0.25) is 0 Å². The fourth-order valence-corrected chi connectivity index (χ4v) is 1.51. The molecule has 0 aliphatic heterocycles. The van der Waals surface area contributed by atoms with Crippen molar-refractivity contribution in [2.75, 3.05) is 32.0 Å². The normalized spacial score (nSPS) is 9.36. The molecule has 0 aliphatic rings. The van der Waals surface area contributed by atoms with Crippen LogP contribution in [0, 0.1) is 0 Å². The molecule has 1 aromatic carbocycles. The molecule has 0 fully saturated rings. The summed E-state index contributed by atoms with van der Waals surface area (Å²) >= 11 is 0. The van der Waals surface area contributed by atoms with Crippen LogP contribution in [0.5, 0.6) is 0 Å². The zero-order valence-electron chi connectivity index (χ0n) is 12.8. The first-order valence-electron chi connectivity index (χ1n) is 6.69. The molecule has 0 atom stereocenters.